The second-order valence-corrected chi connectivity index (χ2v) is 6.06. The maximum absolute atomic E-state index is 6.40. The monoisotopic (exact) mass is 254 g/mol. The summed E-state index contributed by atoms with van der Waals surface area (Å²) in [5.74, 6) is 0.917. The van der Waals surface area contributed by atoms with Gasteiger partial charge >= 0.3 is 0 Å². The van der Waals surface area contributed by atoms with Gasteiger partial charge in [-0.2, -0.15) is 0 Å². The Labute approximate surface area is 114 Å². The van der Waals surface area contributed by atoms with Crippen molar-refractivity contribution in [3.8, 4) is 0 Å². The molecule has 1 saturated carbocycles. The summed E-state index contributed by atoms with van der Waals surface area (Å²) < 4.78 is 0. The van der Waals surface area contributed by atoms with Gasteiger partial charge in [0.25, 0.3) is 0 Å². The molecule has 18 heavy (non-hydrogen) atoms. The molecule has 0 aliphatic heterocycles. The lowest BCUT2D eigenvalue weighted by atomic mass is 9.80. The molecule has 0 aromatic heterocycles. The fourth-order valence-electron chi connectivity index (χ4n) is 3.21. The van der Waals surface area contributed by atoms with Gasteiger partial charge in [-0.05, 0) is 51.1 Å². The van der Waals surface area contributed by atoms with E-state index >= 15 is 0 Å². The van der Waals surface area contributed by atoms with Crippen molar-refractivity contribution in [3.63, 3.8) is 0 Å². The molecule has 1 aliphatic rings. The van der Waals surface area contributed by atoms with Crippen LogP contribution in [0.3, 0.4) is 0 Å². The van der Waals surface area contributed by atoms with Crippen LogP contribution in [0.5, 0.6) is 0 Å². The third-order valence-corrected chi connectivity index (χ3v) is 4.62. The number of rotatable bonds is 8. The van der Waals surface area contributed by atoms with Gasteiger partial charge in [0.1, 0.15) is 0 Å². The molecule has 2 nitrogen and oxygen atoms in total. The van der Waals surface area contributed by atoms with E-state index < -0.39 is 0 Å². The average molecular weight is 254 g/mol. The lowest BCUT2D eigenvalue weighted by molar-refractivity contribution is 0.107. The maximum atomic E-state index is 6.40. The highest BCUT2D eigenvalue weighted by atomic mass is 15.2. The molecule has 3 unspecified atom stereocenters. The Hall–Kier alpha value is -0.0800. The molecular weight excluding hydrogens is 220 g/mol. The largest absolute Gasteiger partial charge is 0.326 e. The third kappa shape index (κ3) is 4.89. The van der Waals surface area contributed by atoms with Gasteiger partial charge in [0.15, 0.2) is 0 Å². The fraction of sp³-hybridized carbons (Fsp3) is 1.00. The second kappa shape index (κ2) is 8.92. The quantitative estimate of drug-likeness (QED) is 0.714. The predicted octanol–water partition coefficient (Wildman–Crippen LogP) is 3.79. The zero-order chi connectivity index (χ0) is 13.4. The Balaban J connectivity index is 2.55. The van der Waals surface area contributed by atoms with Crippen molar-refractivity contribution in [1.29, 1.82) is 0 Å². The van der Waals surface area contributed by atoms with Gasteiger partial charge < -0.3 is 5.73 Å². The van der Waals surface area contributed by atoms with Gasteiger partial charge in [0, 0.05) is 12.1 Å². The normalized spacial score (nSPS) is 28.8. The van der Waals surface area contributed by atoms with Gasteiger partial charge in [-0.25, -0.2) is 0 Å². The van der Waals surface area contributed by atoms with Crippen LogP contribution in [-0.4, -0.2) is 30.1 Å². The summed E-state index contributed by atoms with van der Waals surface area (Å²) in [6, 6.07) is 1.07. The van der Waals surface area contributed by atoms with Gasteiger partial charge in [0.2, 0.25) is 0 Å². The fourth-order valence-corrected chi connectivity index (χ4v) is 3.21. The van der Waals surface area contributed by atoms with Crippen LogP contribution in [0, 0.1) is 5.92 Å². The van der Waals surface area contributed by atoms with Crippen molar-refractivity contribution < 1.29 is 0 Å². The van der Waals surface area contributed by atoms with E-state index in [1.54, 1.807) is 0 Å². The molecule has 0 amide bonds. The standard InChI is InChI=1S/C16H34N2/c1-4-7-11-18(12-8-5-2)16-13-14(6-3)9-10-15(16)17/h14-16H,4-13,17H2,1-3H3. The maximum Gasteiger partial charge on any atom is 0.0249 e. The number of nitrogens with two attached hydrogens (primary N) is 1. The average Bonchev–Trinajstić information content (AvgIpc) is 2.40. The number of hydrogen-bond acceptors (Lipinski definition) is 2. The minimum atomic E-state index is 0.418. The molecule has 108 valence electrons. The summed E-state index contributed by atoms with van der Waals surface area (Å²) in [6.07, 6.45) is 10.5. The van der Waals surface area contributed by atoms with Crippen LogP contribution >= 0.6 is 0 Å². The van der Waals surface area contributed by atoms with Gasteiger partial charge in [-0.15, -0.1) is 0 Å². The molecule has 0 aromatic carbocycles. The molecule has 1 fully saturated rings. The molecule has 0 heterocycles. The first kappa shape index (κ1) is 16.0. The minimum Gasteiger partial charge on any atom is -0.326 e. The molecular formula is C16H34N2. The molecule has 3 atom stereocenters. The van der Waals surface area contributed by atoms with Crippen molar-refractivity contribution in [1.82, 2.24) is 4.90 Å². The first-order valence-corrected chi connectivity index (χ1v) is 8.22. The summed E-state index contributed by atoms with van der Waals surface area (Å²) in [7, 11) is 0. The van der Waals surface area contributed by atoms with E-state index in [2.05, 4.69) is 25.7 Å². The highest BCUT2D eigenvalue weighted by Crippen LogP contribution is 2.29. The summed E-state index contributed by atoms with van der Waals surface area (Å²) in [4.78, 5) is 2.71. The Morgan fingerprint density at radius 1 is 1.00 bits per heavy atom. The Bertz CT molecular complexity index is 197. The Kier molecular flexibility index (Phi) is 7.92. The molecule has 0 spiro atoms. The molecule has 0 radical (unpaired) electrons. The molecule has 0 bridgehead atoms. The van der Waals surface area contributed by atoms with E-state index in [-0.39, 0.29) is 0 Å². The van der Waals surface area contributed by atoms with Crippen molar-refractivity contribution in [2.75, 3.05) is 13.1 Å². The van der Waals surface area contributed by atoms with Crippen molar-refractivity contribution >= 4 is 0 Å². The minimum absolute atomic E-state index is 0.418. The van der Waals surface area contributed by atoms with Crippen LogP contribution in [0.15, 0.2) is 0 Å². The highest BCUT2D eigenvalue weighted by Gasteiger charge is 2.31. The van der Waals surface area contributed by atoms with E-state index in [0.29, 0.717) is 12.1 Å². The van der Waals surface area contributed by atoms with Crippen LogP contribution in [0.1, 0.15) is 72.1 Å². The lowest BCUT2D eigenvalue weighted by Gasteiger charge is -2.41. The van der Waals surface area contributed by atoms with Gasteiger partial charge in [-0.3, -0.25) is 4.90 Å². The van der Waals surface area contributed by atoms with E-state index in [1.807, 2.05) is 0 Å². The third-order valence-electron chi connectivity index (χ3n) is 4.62. The summed E-state index contributed by atoms with van der Waals surface area (Å²) >= 11 is 0. The first-order chi connectivity index (χ1) is 8.72. The Morgan fingerprint density at radius 3 is 2.11 bits per heavy atom. The van der Waals surface area contributed by atoms with Gasteiger partial charge in [0.05, 0.1) is 0 Å². The molecule has 0 aromatic rings. The zero-order valence-corrected chi connectivity index (χ0v) is 12.8. The van der Waals surface area contributed by atoms with Gasteiger partial charge in [-0.1, -0.05) is 40.0 Å². The summed E-state index contributed by atoms with van der Waals surface area (Å²) in [5, 5.41) is 0. The SMILES string of the molecule is CCCCN(CCCC)C1CC(CC)CCC1N. The highest BCUT2D eigenvalue weighted by molar-refractivity contribution is 4.89. The van der Waals surface area contributed by atoms with E-state index in [9.17, 15) is 0 Å². The van der Waals surface area contributed by atoms with Crippen molar-refractivity contribution in [2.24, 2.45) is 11.7 Å². The van der Waals surface area contributed by atoms with E-state index in [0.717, 1.165) is 5.92 Å². The predicted molar refractivity (Wildman–Crippen MR) is 80.8 cm³/mol. The summed E-state index contributed by atoms with van der Waals surface area (Å²) in [6.45, 7) is 9.42. The lowest BCUT2D eigenvalue weighted by Crippen LogP contribution is -2.51. The molecule has 0 saturated heterocycles. The molecule has 2 heteroatoms. The van der Waals surface area contributed by atoms with Crippen molar-refractivity contribution in [3.05, 3.63) is 0 Å². The zero-order valence-electron chi connectivity index (χ0n) is 12.8. The molecule has 2 N–H and O–H groups in total. The van der Waals surface area contributed by atoms with Crippen LogP contribution in [0.4, 0.5) is 0 Å². The topological polar surface area (TPSA) is 29.3 Å². The molecule has 1 aliphatic carbocycles. The first-order valence-electron chi connectivity index (χ1n) is 8.22. The van der Waals surface area contributed by atoms with Crippen LogP contribution in [-0.2, 0) is 0 Å². The van der Waals surface area contributed by atoms with E-state index in [4.69, 9.17) is 5.73 Å². The van der Waals surface area contributed by atoms with Crippen LogP contribution in [0.2, 0.25) is 0 Å². The van der Waals surface area contributed by atoms with Crippen LogP contribution in [0.25, 0.3) is 0 Å². The van der Waals surface area contributed by atoms with E-state index in [1.165, 1.54) is 64.5 Å². The number of nitrogens with zero attached hydrogens (tertiary/aromatic N) is 1. The second-order valence-electron chi connectivity index (χ2n) is 6.06. The smallest absolute Gasteiger partial charge is 0.0249 e. The Morgan fingerprint density at radius 2 is 1.61 bits per heavy atom. The molecule has 1 rings (SSSR count). The van der Waals surface area contributed by atoms with Crippen molar-refractivity contribution in [2.45, 2.75) is 84.2 Å². The number of hydrogen-bond donors (Lipinski definition) is 1. The summed E-state index contributed by atoms with van der Waals surface area (Å²) in [5.41, 5.74) is 6.40. The van der Waals surface area contributed by atoms with Crippen LogP contribution < -0.4 is 5.73 Å². The number of unbranched alkanes of at least 4 members (excludes halogenated alkanes) is 2.